The number of aryl methyl sites for hydroxylation is 3. The summed E-state index contributed by atoms with van der Waals surface area (Å²) in [5.41, 5.74) is 5.32. The summed E-state index contributed by atoms with van der Waals surface area (Å²) in [6, 6.07) is 23.6. The SMILES string of the molecule is CNC(=O)CCCCc1ccc(CN(C)C(=O)CCCc2ccc(NC(=O)COc3ccc(C)cc3)cc2)cc1. The van der Waals surface area contributed by atoms with Gasteiger partial charge in [-0.05, 0) is 80.0 Å². The number of carbonyl (C=O) groups is 3. The van der Waals surface area contributed by atoms with Crippen LogP contribution in [0.25, 0.3) is 0 Å². The van der Waals surface area contributed by atoms with Crippen molar-refractivity contribution in [3.05, 3.63) is 95.1 Å². The molecule has 3 aromatic carbocycles. The Morgan fingerprint density at radius 3 is 1.98 bits per heavy atom. The van der Waals surface area contributed by atoms with Crippen LogP contribution in [0.3, 0.4) is 0 Å². The third-order valence-corrected chi connectivity index (χ3v) is 6.75. The molecule has 212 valence electrons. The molecule has 7 nitrogen and oxygen atoms in total. The Bertz CT molecular complexity index is 1220. The van der Waals surface area contributed by atoms with E-state index in [1.165, 1.54) is 5.56 Å². The number of nitrogens with zero attached hydrogens (tertiary/aromatic N) is 1. The van der Waals surface area contributed by atoms with Crippen LogP contribution < -0.4 is 15.4 Å². The van der Waals surface area contributed by atoms with Gasteiger partial charge in [-0.2, -0.15) is 0 Å². The van der Waals surface area contributed by atoms with Crippen molar-refractivity contribution in [2.45, 2.75) is 58.4 Å². The van der Waals surface area contributed by atoms with Crippen molar-refractivity contribution in [2.24, 2.45) is 0 Å². The molecular weight excluding hydrogens is 502 g/mol. The Balaban J connectivity index is 1.32. The topological polar surface area (TPSA) is 87.7 Å². The summed E-state index contributed by atoms with van der Waals surface area (Å²) < 4.78 is 5.52. The smallest absolute Gasteiger partial charge is 0.262 e. The highest BCUT2D eigenvalue weighted by atomic mass is 16.5. The van der Waals surface area contributed by atoms with E-state index in [0.29, 0.717) is 30.8 Å². The second kappa shape index (κ2) is 16.1. The number of amides is 3. The third-order valence-electron chi connectivity index (χ3n) is 6.75. The summed E-state index contributed by atoms with van der Waals surface area (Å²) in [7, 11) is 3.51. The number of ether oxygens (including phenoxy) is 1. The van der Waals surface area contributed by atoms with Gasteiger partial charge in [0.1, 0.15) is 5.75 Å². The minimum atomic E-state index is -0.213. The Morgan fingerprint density at radius 2 is 1.32 bits per heavy atom. The van der Waals surface area contributed by atoms with E-state index < -0.39 is 0 Å². The van der Waals surface area contributed by atoms with E-state index in [1.807, 2.05) is 62.5 Å². The van der Waals surface area contributed by atoms with Crippen molar-refractivity contribution in [2.75, 3.05) is 26.0 Å². The Morgan fingerprint density at radius 1 is 0.725 bits per heavy atom. The monoisotopic (exact) mass is 543 g/mol. The lowest BCUT2D eigenvalue weighted by Gasteiger charge is -2.17. The zero-order valence-electron chi connectivity index (χ0n) is 23.9. The molecule has 2 N–H and O–H groups in total. The van der Waals surface area contributed by atoms with Crippen molar-refractivity contribution in [1.82, 2.24) is 10.2 Å². The Labute approximate surface area is 237 Å². The van der Waals surface area contributed by atoms with Gasteiger partial charge in [-0.15, -0.1) is 0 Å². The molecule has 0 aliphatic rings. The predicted molar refractivity (Wildman–Crippen MR) is 159 cm³/mol. The summed E-state index contributed by atoms with van der Waals surface area (Å²) in [4.78, 5) is 37.9. The zero-order valence-corrected chi connectivity index (χ0v) is 23.9. The van der Waals surface area contributed by atoms with Crippen molar-refractivity contribution in [3.63, 3.8) is 0 Å². The van der Waals surface area contributed by atoms with Crippen LogP contribution in [0, 0.1) is 6.92 Å². The maximum absolute atomic E-state index is 12.6. The molecule has 0 unspecified atom stereocenters. The third kappa shape index (κ3) is 10.9. The van der Waals surface area contributed by atoms with Gasteiger partial charge >= 0.3 is 0 Å². The first-order valence-electron chi connectivity index (χ1n) is 13.9. The standard InChI is InChI=1S/C33H41N3O4/c1-25-11-21-30(22-12-25)40-24-32(38)35-29-19-17-27(18-20-29)8-6-10-33(39)36(3)23-28-15-13-26(14-16-28)7-4-5-9-31(37)34-2/h11-22H,4-10,23-24H2,1-3H3,(H,34,37)(H,35,38). The molecule has 0 aliphatic carbocycles. The molecule has 7 heteroatoms. The fraction of sp³-hybridized carbons (Fsp3) is 0.364. The summed E-state index contributed by atoms with van der Waals surface area (Å²) in [5, 5.41) is 5.49. The molecule has 0 spiro atoms. The predicted octanol–water partition coefficient (Wildman–Crippen LogP) is 5.45. The highest BCUT2D eigenvalue weighted by molar-refractivity contribution is 5.91. The summed E-state index contributed by atoms with van der Waals surface area (Å²) >= 11 is 0. The number of hydrogen-bond donors (Lipinski definition) is 2. The molecule has 0 radical (unpaired) electrons. The van der Waals surface area contributed by atoms with E-state index in [4.69, 9.17) is 4.74 Å². The average Bonchev–Trinajstić information content (AvgIpc) is 2.96. The van der Waals surface area contributed by atoms with E-state index >= 15 is 0 Å². The first-order valence-corrected chi connectivity index (χ1v) is 13.9. The van der Waals surface area contributed by atoms with Crippen LogP contribution >= 0.6 is 0 Å². The molecule has 0 atom stereocenters. The molecule has 0 saturated carbocycles. The molecule has 3 amide bonds. The number of rotatable bonds is 15. The van der Waals surface area contributed by atoms with Gasteiger partial charge in [-0.1, -0.05) is 54.1 Å². The molecule has 0 saturated heterocycles. The lowest BCUT2D eigenvalue weighted by atomic mass is 10.0. The molecular formula is C33H41N3O4. The van der Waals surface area contributed by atoms with E-state index in [-0.39, 0.29) is 24.3 Å². The Kier molecular flexibility index (Phi) is 12.2. The number of nitrogens with one attached hydrogen (secondary N) is 2. The van der Waals surface area contributed by atoms with Crippen LogP contribution in [0.5, 0.6) is 5.75 Å². The minimum Gasteiger partial charge on any atom is -0.484 e. The average molecular weight is 544 g/mol. The van der Waals surface area contributed by atoms with Crippen molar-refractivity contribution in [3.8, 4) is 5.75 Å². The highest BCUT2D eigenvalue weighted by Crippen LogP contribution is 2.15. The maximum Gasteiger partial charge on any atom is 0.262 e. The van der Waals surface area contributed by atoms with Gasteiger partial charge in [0.05, 0.1) is 0 Å². The molecule has 0 aliphatic heterocycles. The fourth-order valence-electron chi connectivity index (χ4n) is 4.28. The van der Waals surface area contributed by atoms with Gasteiger partial charge in [0.25, 0.3) is 5.91 Å². The minimum absolute atomic E-state index is 0.0506. The molecule has 0 aromatic heterocycles. The lowest BCUT2D eigenvalue weighted by molar-refractivity contribution is -0.130. The first-order chi connectivity index (χ1) is 19.3. The van der Waals surface area contributed by atoms with E-state index in [0.717, 1.165) is 48.8 Å². The molecule has 0 fully saturated rings. The van der Waals surface area contributed by atoms with Crippen LogP contribution in [-0.4, -0.2) is 43.3 Å². The van der Waals surface area contributed by atoms with E-state index in [1.54, 1.807) is 11.9 Å². The number of unbranched alkanes of at least 4 members (excludes halogenated alkanes) is 1. The molecule has 3 rings (SSSR count). The van der Waals surface area contributed by atoms with Crippen LogP contribution in [0.2, 0.25) is 0 Å². The van der Waals surface area contributed by atoms with Gasteiger partial charge in [0.15, 0.2) is 6.61 Å². The second-order valence-electron chi connectivity index (χ2n) is 10.1. The van der Waals surface area contributed by atoms with Crippen molar-refractivity contribution < 1.29 is 19.1 Å². The van der Waals surface area contributed by atoms with Crippen molar-refractivity contribution >= 4 is 23.4 Å². The molecule has 0 bridgehead atoms. The van der Waals surface area contributed by atoms with E-state index in [9.17, 15) is 14.4 Å². The second-order valence-corrected chi connectivity index (χ2v) is 10.1. The molecule has 3 aromatic rings. The van der Waals surface area contributed by atoms with Gasteiger partial charge in [0.2, 0.25) is 11.8 Å². The number of carbonyl (C=O) groups excluding carboxylic acids is 3. The van der Waals surface area contributed by atoms with Crippen molar-refractivity contribution in [1.29, 1.82) is 0 Å². The van der Waals surface area contributed by atoms with Gasteiger partial charge in [-0.25, -0.2) is 0 Å². The lowest BCUT2D eigenvalue weighted by Crippen LogP contribution is -2.26. The quantitative estimate of drug-likeness (QED) is 0.250. The van der Waals surface area contributed by atoms with Crippen LogP contribution in [0.4, 0.5) is 5.69 Å². The largest absolute Gasteiger partial charge is 0.484 e. The first kappa shape index (κ1) is 30.4. The Hall–Kier alpha value is -4.13. The van der Waals surface area contributed by atoms with Crippen LogP contribution in [0.15, 0.2) is 72.8 Å². The highest BCUT2D eigenvalue weighted by Gasteiger charge is 2.10. The summed E-state index contributed by atoms with van der Waals surface area (Å²) in [6.07, 6.45) is 5.40. The zero-order chi connectivity index (χ0) is 28.7. The van der Waals surface area contributed by atoms with Gasteiger partial charge < -0.3 is 20.3 Å². The maximum atomic E-state index is 12.6. The normalized spacial score (nSPS) is 10.6. The number of anilines is 1. The van der Waals surface area contributed by atoms with E-state index in [2.05, 4.69) is 34.9 Å². The van der Waals surface area contributed by atoms with Crippen LogP contribution in [-0.2, 0) is 33.8 Å². The molecule has 0 heterocycles. The summed E-state index contributed by atoms with van der Waals surface area (Å²) in [5.74, 6) is 0.657. The number of benzene rings is 3. The summed E-state index contributed by atoms with van der Waals surface area (Å²) in [6.45, 7) is 2.53. The fourth-order valence-corrected chi connectivity index (χ4v) is 4.28. The number of hydrogen-bond acceptors (Lipinski definition) is 4. The van der Waals surface area contributed by atoms with Gasteiger partial charge in [-0.3, -0.25) is 14.4 Å². The van der Waals surface area contributed by atoms with Crippen LogP contribution in [0.1, 0.15) is 54.4 Å². The van der Waals surface area contributed by atoms with Gasteiger partial charge in [0, 0.05) is 39.2 Å². The molecule has 40 heavy (non-hydrogen) atoms.